The number of ketones is 1. The molecular formula is C14H14N2O. The van der Waals surface area contributed by atoms with E-state index in [9.17, 15) is 4.79 Å². The summed E-state index contributed by atoms with van der Waals surface area (Å²) in [6, 6.07) is 11.1. The summed E-state index contributed by atoms with van der Waals surface area (Å²) in [5, 5.41) is 0. The number of Topliss-reactive ketones (excluding diaryl/α,β-unsaturated/α-hetero) is 1. The van der Waals surface area contributed by atoms with E-state index in [0.717, 1.165) is 16.8 Å². The third-order valence-corrected chi connectivity index (χ3v) is 2.53. The number of hydrogen-bond donors (Lipinski definition) is 1. The first-order chi connectivity index (χ1) is 8.24. The molecule has 0 spiro atoms. The first-order valence-electron chi connectivity index (χ1n) is 5.49. The molecular weight excluding hydrogens is 212 g/mol. The molecule has 0 bridgehead atoms. The van der Waals surface area contributed by atoms with Crippen molar-refractivity contribution in [3.05, 3.63) is 59.9 Å². The second-order valence-electron chi connectivity index (χ2n) is 3.99. The van der Waals surface area contributed by atoms with Crippen LogP contribution in [0.3, 0.4) is 0 Å². The number of nitrogen functional groups attached to an aromatic ring is 1. The highest BCUT2D eigenvalue weighted by atomic mass is 16.1. The van der Waals surface area contributed by atoms with Crippen LogP contribution in [0.15, 0.2) is 48.8 Å². The highest BCUT2D eigenvalue weighted by Gasteiger charge is 2.04. The van der Waals surface area contributed by atoms with Crippen LogP contribution < -0.4 is 5.73 Å². The lowest BCUT2D eigenvalue weighted by Gasteiger charge is -2.02. The van der Waals surface area contributed by atoms with Crippen LogP contribution in [0, 0.1) is 0 Å². The fourth-order valence-electron chi connectivity index (χ4n) is 1.65. The second-order valence-corrected chi connectivity index (χ2v) is 3.99. The van der Waals surface area contributed by atoms with Gasteiger partial charge >= 0.3 is 0 Å². The van der Waals surface area contributed by atoms with Gasteiger partial charge in [0.2, 0.25) is 0 Å². The molecule has 1 aromatic heterocycles. The maximum absolute atomic E-state index is 11.8. The van der Waals surface area contributed by atoms with Gasteiger partial charge in [-0.1, -0.05) is 12.1 Å². The van der Waals surface area contributed by atoms with E-state index in [1.807, 2.05) is 36.4 Å². The van der Waals surface area contributed by atoms with E-state index in [-0.39, 0.29) is 5.78 Å². The number of benzene rings is 1. The largest absolute Gasteiger partial charge is 0.399 e. The van der Waals surface area contributed by atoms with Crippen LogP contribution in [0.1, 0.15) is 11.1 Å². The smallest absolute Gasteiger partial charge is 0.141 e. The topological polar surface area (TPSA) is 56.0 Å². The third-order valence-electron chi connectivity index (χ3n) is 2.53. The summed E-state index contributed by atoms with van der Waals surface area (Å²) in [5.74, 6) is 0.195. The average molecular weight is 226 g/mol. The first kappa shape index (κ1) is 11.3. The lowest BCUT2D eigenvalue weighted by Crippen LogP contribution is -2.06. The van der Waals surface area contributed by atoms with Crippen molar-refractivity contribution in [2.75, 3.05) is 5.73 Å². The number of hydrogen-bond acceptors (Lipinski definition) is 3. The molecule has 3 nitrogen and oxygen atoms in total. The Morgan fingerprint density at radius 3 is 2.06 bits per heavy atom. The molecule has 0 atom stereocenters. The first-order valence-corrected chi connectivity index (χ1v) is 5.49. The zero-order valence-corrected chi connectivity index (χ0v) is 9.47. The van der Waals surface area contributed by atoms with Crippen LogP contribution in [0.25, 0.3) is 0 Å². The molecule has 0 saturated carbocycles. The number of carbonyl (C=O) groups is 1. The molecule has 86 valence electrons. The molecule has 17 heavy (non-hydrogen) atoms. The standard InChI is InChI=1S/C14H14N2O/c15-13-3-1-11(2-4-13)9-14(17)10-12-5-7-16-8-6-12/h1-8H,9-10,15H2. The van der Waals surface area contributed by atoms with E-state index in [0.29, 0.717) is 12.8 Å². The van der Waals surface area contributed by atoms with Gasteiger partial charge in [0.25, 0.3) is 0 Å². The summed E-state index contributed by atoms with van der Waals surface area (Å²) in [6.07, 6.45) is 4.30. The average Bonchev–Trinajstić information content (AvgIpc) is 2.33. The van der Waals surface area contributed by atoms with Crippen LogP contribution in [-0.2, 0) is 17.6 Å². The second kappa shape index (κ2) is 5.25. The predicted octanol–water partition coefficient (Wildman–Crippen LogP) is 2.02. The molecule has 1 aromatic carbocycles. The summed E-state index contributed by atoms with van der Waals surface area (Å²) >= 11 is 0. The van der Waals surface area contributed by atoms with Crippen LogP contribution >= 0.6 is 0 Å². The lowest BCUT2D eigenvalue weighted by atomic mass is 10.0. The van der Waals surface area contributed by atoms with Gasteiger partial charge in [-0.15, -0.1) is 0 Å². The van der Waals surface area contributed by atoms with Crippen molar-refractivity contribution in [3.63, 3.8) is 0 Å². The Hall–Kier alpha value is -2.16. The predicted molar refractivity (Wildman–Crippen MR) is 67.5 cm³/mol. The van der Waals surface area contributed by atoms with Gasteiger partial charge in [0.05, 0.1) is 0 Å². The van der Waals surface area contributed by atoms with Crippen molar-refractivity contribution >= 4 is 11.5 Å². The van der Waals surface area contributed by atoms with Crippen molar-refractivity contribution in [1.82, 2.24) is 4.98 Å². The summed E-state index contributed by atoms with van der Waals surface area (Å²) in [5.41, 5.74) is 8.31. The fourth-order valence-corrected chi connectivity index (χ4v) is 1.65. The number of anilines is 1. The minimum absolute atomic E-state index is 0.195. The minimum Gasteiger partial charge on any atom is -0.399 e. The van der Waals surface area contributed by atoms with E-state index < -0.39 is 0 Å². The molecule has 1 heterocycles. The van der Waals surface area contributed by atoms with Crippen LogP contribution in [-0.4, -0.2) is 10.8 Å². The molecule has 0 amide bonds. The highest BCUT2D eigenvalue weighted by molar-refractivity contribution is 5.83. The van der Waals surface area contributed by atoms with Gasteiger partial charge in [-0.05, 0) is 35.4 Å². The van der Waals surface area contributed by atoms with E-state index >= 15 is 0 Å². The number of carbonyl (C=O) groups excluding carboxylic acids is 1. The summed E-state index contributed by atoms with van der Waals surface area (Å²) in [4.78, 5) is 15.7. The maximum Gasteiger partial charge on any atom is 0.141 e. The SMILES string of the molecule is Nc1ccc(CC(=O)Cc2ccncc2)cc1. The fraction of sp³-hybridized carbons (Fsp3) is 0.143. The molecule has 0 aliphatic rings. The monoisotopic (exact) mass is 226 g/mol. The normalized spacial score (nSPS) is 10.1. The highest BCUT2D eigenvalue weighted by Crippen LogP contribution is 2.08. The maximum atomic E-state index is 11.8. The molecule has 0 aliphatic carbocycles. The van der Waals surface area contributed by atoms with Crippen molar-refractivity contribution in [3.8, 4) is 0 Å². The lowest BCUT2D eigenvalue weighted by molar-refractivity contribution is -0.117. The van der Waals surface area contributed by atoms with Gasteiger partial charge in [0.15, 0.2) is 0 Å². The Kier molecular flexibility index (Phi) is 3.50. The van der Waals surface area contributed by atoms with Crippen LogP contribution in [0.4, 0.5) is 5.69 Å². The van der Waals surface area contributed by atoms with E-state index in [1.165, 1.54) is 0 Å². The zero-order valence-electron chi connectivity index (χ0n) is 9.47. The molecule has 0 saturated heterocycles. The molecule has 2 N–H and O–H groups in total. The number of aromatic nitrogens is 1. The molecule has 0 aliphatic heterocycles. The zero-order chi connectivity index (χ0) is 12.1. The molecule has 0 radical (unpaired) electrons. The van der Waals surface area contributed by atoms with Crippen LogP contribution in [0.5, 0.6) is 0 Å². The Morgan fingerprint density at radius 2 is 1.47 bits per heavy atom. The van der Waals surface area contributed by atoms with Crippen molar-refractivity contribution in [2.24, 2.45) is 0 Å². The number of nitrogens with two attached hydrogens (primary N) is 1. The van der Waals surface area contributed by atoms with Gasteiger partial charge in [0, 0.05) is 30.9 Å². The number of pyridine rings is 1. The van der Waals surface area contributed by atoms with E-state index in [1.54, 1.807) is 12.4 Å². The molecule has 2 aromatic rings. The Balaban J connectivity index is 1.96. The van der Waals surface area contributed by atoms with Gasteiger partial charge in [0.1, 0.15) is 5.78 Å². The molecule has 3 heteroatoms. The van der Waals surface area contributed by atoms with Crippen molar-refractivity contribution in [1.29, 1.82) is 0 Å². The molecule has 0 fully saturated rings. The number of nitrogens with zero attached hydrogens (tertiary/aromatic N) is 1. The molecule has 0 unspecified atom stereocenters. The summed E-state index contributed by atoms with van der Waals surface area (Å²) < 4.78 is 0. The van der Waals surface area contributed by atoms with Gasteiger partial charge in [-0.25, -0.2) is 0 Å². The number of rotatable bonds is 4. The van der Waals surface area contributed by atoms with E-state index in [2.05, 4.69) is 4.98 Å². The van der Waals surface area contributed by atoms with Crippen molar-refractivity contribution < 1.29 is 4.79 Å². The minimum atomic E-state index is 0.195. The molecule has 2 rings (SSSR count). The Labute approximate surface area is 100 Å². The summed E-state index contributed by atoms with van der Waals surface area (Å²) in [6.45, 7) is 0. The Bertz CT molecular complexity index is 491. The summed E-state index contributed by atoms with van der Waals surface area (Å²) in [7, 11) is 0. The van der Waals surface area contributed by atoms with Gasteiger partial charge in [-0.3, -0.25) is 9.78 Å². The Morgan fingerprint density at radius 1 is 0.941 bits per heavy atom. The van der Waals surface area contributed by atoms with Gasteiger partial charge < -0.3 is 5.73 Å². The third kappa shape index (κ3) is 3.41. The van der Waals surface area contributed by atoms with Gasteiger partial charge in [-0.2, -0.15) is 0 Å². The van der Waals surface area contributed by atoms with Crippen LogP contribution in [0.2, 0.25) is 0 Å². The quantitative estimate of drug-likeness (QED) is 0.811. The van der Waals surface area contributed by atoms with E-state index in [4.69, 9.17) is 5.73 Å². The van der Waals surface area contributed by atoms with Crippen molar-refractivity contribution in [2.45, 2.75) is 12.8 Å².